The Morgan fingerprint density at radius 1 is 0.667 bits per heavy atom. The van der Waals surface area contributed by atoms with Crippen LogP contribution in [0.3, 0.4) is 0 Å². The van der Waals surface area contributed by atoms with Crippen LogP contribution in [-0.2, 0) is 18.9 Å². The van der Waals surface area contributed by atoms with Gasteiger partial charge in [0.25, 0.3) is 0 Å². The summed E-state index contributed by atoms with van der Waals surface area (Å²) in [6.45, 7) is 0. The van der Waals surface area contributed by atoms with Gasteiger partial charge in [0.2, 0.25) is 12.6 Å². The second-order valence-electron chi connectivity index (χ2n) is 2.53. The van der Waals surface area contributed by atoms with E-state index in [1.54, 1.807) is 25.0 Å². The Balaban J connectivity index is 1.62. The molecule has 2 aliphatic rings. The van der Waals surface area contributed by atoms with E-state index in [0.717, 1.165) is 12.8 Å². The molecule has 0 radical (unpaired) electrons. The highest BCUT2D eigenvalue weighted by Crippen LogP contribution is 2.17. The van der Waals surface area contributed by atoms with Crippen molar-refractivity contribution in [2.24, 2.45) is 0 Å². The summed E-state index contributed by atoms with van der Waals surface area (Å²) >= 11 is 0. The minimum atomic E-state index is -0.169. The lowest BCUT2D eigenvalue weighted by atomic mass is 10.3. The first-order valence-electron chi connectivity index (χ1n) is 3.87. The molecule has 0 aliphatic carbocycles. The lowest BCUT2D eigenvalue weighted by molar-refractivity contribution is -0.0703. The molecule has 2 heterocycles. The zero-order chi connectivity index (χ0) is 8.23. The molecule has 0 atom stereocenters. The van der Waals surface area contributed by atoms with Gasteiger partial charge in [-0.2, -0.15) is 0 Å². The fraction of sp³-hybridized carbons (Fsp3) is 0.500. The summed E-state index contributed by atoms with van der Waals surface area (Å²) in [6, 6.07) is 0. The molecule has 0 aromatic rings. The standard InChI is InChI=1S/C8H10O4/c1(7-9-3-4-10-7)2-8-11-5-6-12-8/h3-8H,1-2H2. The molecule has 0 unspecified atom stereocenters. The third-order valence-corrected chi connectivity index (χ3v) is 1.67. The Bertz CT molecular complexity index is 161. The van der Waals surface area contributed by atoms with Crippen molar-refractivity contribution in [2.75, 3.05) is 0 Å². The largest absolute Gasteiger partial charge is 0.459 e. The molecule has 2 aliphatic heterocycles. The lowest BCUT2D eigenvalue weighted by Crippen LogP contribution is -2.14. The number of hydrogen-bond donors (Lipinski definition) is 0. The number of ether oxygens (including phenoxy) is 4. The van der Waals surface area contributed by atoms with Crippen LogP contribution < -0.4 is 0 Å². The summed E-state index contributed by atoms with van der Waals surface area (Å²) in [5.41, 5.74) is 0. The maximum Gasteiger partial charge on any atom is 0.239 e. The van der Waals surface area contributed by atoms with Gasteiger partial charge in [0.05, 0.1) is 0 Å². The molecule has 0 spiro atoms. The molecule has 66 valence electrons. The van der Waals surface area contributed by atoms with E-state index in [1.807, 2.05) is 0 Å². The second-order valence-corrected chi connectivity index (χ2v) is 2.53. The van der Waals surface area contributed by atoms with Gasteiger partial charge in [0, 0.05) is 12.8 Å². The van der Waals surface area contributed by atoms with Crippen LogP contribution in [0, 0.1) is 0 Å². The summed E-state index contributed by atoms with van der Waals surface area (Å²) in [6.07, 6.45) is 7.35. The van der Waals surface area contributed by atoms with E-state index < -0.39 is 0 Å². The van der Waals surface area contributed by atoms with Crippen LogP contribution in [0.4, 0.5) is 0 Å². The quantitative estimate of drug-likeness (QED) is 0.642. The van der Waals surface area contributed by atoms with Gasteiger partial charge in [-0.1, -0.05) is 0 Å². The van der Waals surface area contributed by atoms with Crippen LogP contribution in [0.25, 0.3) is 0 Å². The Labute approximate surface area is 70.4 Å². The van der Waals surface area contributed by atoms with Crippen molar-refractivity contribution in [2.45, 2.75) is 25.4 Å². The Hall–Kier alpha value is -1.32. The fourth-order valence-electron chi connectivity index (χ4n) is 1.09. The molecule has 2 rings (SSSR count). The van der Waals surface area contributed by atoms with E-state index >= 15 is 0 Å². The molecule has 4 nitrogen and oxygen atoms in total. The zero-order valence-electron chi connectivity index (χ0n) is 6.51. The smallest absolute Gasteiger partial charge is 0.239 e. The van der Waals surface area contributed by atoms with E-state index in [9.17, 15) is 0 Å². The molecule has 0 aromatic heterocycles. The van der Waals surface area contributed by atoms with Gasteiger partial charge < -0.3 is 18.9 Å². The summed E-state index contributed by atoms with van der Waals surface area (Å²) in [4.78, 5) is 0. The monoisotopic (exact) mass is 170 g/mol. The first kappa shape index (κ1) is 7.34. The normalized spacial score (nSPS) is 21.7. The van der Waals surface area contributed by atoms with Gasteiger partial charge in [-0.15, -0.1) is 0 Å². The van der Waals surface area contributed by atoms with Crippen LogP contribution in [-0.4, -0.2) is 12.6 Å². The van der Waals surface area contributed by atoms with Gasteiger partial charge in [-0.25, -0.2) is 0 Å². The predicted molar refractivity (Wildman–Crippen MR) is 39.4 cm³/mol. The van der Waals surface area contributed by atoms with Gasteiger partial charge in [-0.3, -0.25) is 0 Å². The van der Waals surface area contributed by atoms with Crippen LogP contribution in [0.15, 0.2) is 25.0 Å². The van der Waals surface area contributed by atoms with E-state index in [2.05, 4.69) is 0 Å². The molecule has 4 heteroatoms. The van der Waals surface area contributed by atoms with E-state index in [0.29, 0.717) is 0 Å². The van der Waals surface area contributed by atoms with Crippen molar-refractivity contribution in [3.63, 3.8) is 0 Å². The molecule has 0 N–H and O–H groups in total. The van der Waals surface area contributed by atoms with Crippen LogP contribution >= 0.6 is 0 Å². The first-order valence-corrected chi connectivity index (χ1v) is 3.87. The highest BCUT2D eigenvalue weighted by molar-refractivity contribution is 4.74. The minimum absolute atomic E-state index is 0.169. The van der Waals surface area contributed by atoms with Gasteiger partial charge in [0.15, 0.2) is 0 Å². The van der Waals surface area contributed by atoms with Crippen molar-refractivity contribution < 1.29 is 18.9 Å². The molecule has 12 heavy (non-hydrogen) atoms. The maximum atomic E-state index is 5.08. The molecule has 0 amide bonds. The summed E-state index contributed by atoms with van der Waals surface area (Å²) in [5, 5.41) is 0. The average Bonchev–Trinajstić information content (AvgIpc) is 2.74. The number of hydrogen-bond acceptors (Lipinski definition) is 4. The maximum absolute atomic E-state index is 5.08. The van der Waals surface area contributed by atoms with E-state index in [4.69, 9.17) is 18.9 Å². The summed E-state index contributed by atoms with van der Waals surface area (Å²) in [7, 11) is 0. The van der Waals surface area contributed by atoms with Crippen LogP contribution in [0.2, 0.25) is 0 Å². The molecule has 0 saturated carbocycles. The third kappa shape index (κ3) is 1.64. The Kier molecular flexibility index (Phi) is 2.07. The Morgan fingerprint density at radius 3 is 1.33 bits per heavy atom. The molecule has 0 bridgehead atoms. The van der Waals surface area contributed by atoms with Crippen molar-refractivity contribution in [3.05, 3.63) is 25.0 Å². The molecule has 0 fully saturated rings. The molecule has 0 aromatic carbocycles. The van der Waals surface area contributed by atoms with Gasteiger partial charge in [0.1, 0.15) is 25.0 Å². The molecular weight excluding hydrogens is 160 g/mol. The average molecular weight is 170 g/mol. The SMILES string of the molecule is C1=COC(CCC2OC=CO2)O1. The summed E-state index contributed by atoms with van der Waals surface area (Å²) in [5.74, 6) is 0. The number of rotatable bonds is 3. The summed E-state index contributed by atoms with van der Waals surface area (Å²) < 4.78 is 20.3. The van der Waals surface area contributed by atoms with Crippen molar-refractivity contribution >= 4 is 0 Å². The fourth-order valence-corrected chi connectivity index (χ4v) is 1.09. The van der Waals surface area contributed by atoms with Crippen LogP contribution in [0.5, 0.6) is 0 Å². The van der Waals surface area contributed by atoms with E-state index in [1.165, 1.54) is 0 Å². The van der Waals surface area contributed by atoms with Gasteiger partial charge >= 0.3 is 0 Å². The topological polar surface area (TPSA) is 36.9 Å². The van der Waals surface area contributed by atoms with E-state index in [-0.39, 0.29) is 12.6 Å². The zero-order valence-corrected chi connectivity index (χ0v) is 6.51. The second kappa shape index (κ2) is 3.38. The van der Waals surface area contributed by atoms with Crippen molar-refractivity contribution in [3.8, 4) is 0 Å². The van der Waals surface area contributed by atoms with Crippen molar-refractivity contribution in [1.29, 1.82) is 0 Å². The first-order chi connectivity index (χ1) is 5.95. The van der Waals surface area contributed by atoms with Crippen molar-refractivity contribution in [1.82, 2.24) is 0 Å². The lowest BCUT2D eigenvalue weighted by Gasteiger charge is -2.13. The predicted octanol–water partition coefficient (Wildman–Crippen LogP) is 1.45. The molecule has 0 saturated heterocycles. The van der Waals surface area contributed by atoms with Crippen LogP contribution in [0.1, 0.15) is 12.8 Å². The molecular formula is C8H10O4. The highest BCUT2D eigenvalue weighted by Gasteiger charge is 2.18. The van der Waals surface area contributed by atoms with Gasteiger partial charge in [-0.05, 0) is 0 Å². The Morgan fingerprint density at radius 2 is 1.00 bits per heavy atom. The highest BCUT2D eigenvalue weighted by atomic mass is 16.7. The minimum Gasteiger partial charge on any atom is -0.459 e. The third-order valence-electron chi connectivity index (χ3n) is 1.67.